The van der Waals surface area contributed by atoms with Crippen molar-refractivity contribution in [2.45, 2.75) is 12.3 Å². The van der Waals surface area contributed by atoms with Crippen LogP contribution in [0.5, 0.6) is 0 Å². The Labute approximate surface area is 89.2 Å². The number of ether oxygens (including phenoxy) is 1. The smallest absolute Gasteiger partial charge is 0.321 e. The van der Waals surface area contributed by atoms with Crippen molar-refractivity contribution >= 4 is 27.9 Å². The van der Waals surface area contributed by atoms with E-state index in [1.807, 2.05) is 24.3 Å². The number of carbonyl (C=O) groups is 2. The van der Waals surface area contributed by atoms with Crippen molar-refractivity contribution in [2.24, 2.45) is 0 Å². The van der Waals surface area contributed by atoms with Crippen LogP contribution in [-0.2, 0) is 14.3 Å². The van der Waals surface area contributed by atoms with Gasteiger partial charge in [-0.3, -0.25) is 9.59 Å². The molecular weight excluding hydrogens is 248 g/mol. The lowest BCUT2D eigenvalue weighted by Gasteiger charge is -2.04. The molecule has 1 heterocycles. The summed E-state index contributed by atoms with van der Waals surface area (Å²) in [5.41, 5.74) is 0.815. The zero-order valence-corrected chi connectivity index (χ0v) is 8.78. The van der Waals surface area contributed by atoms with Gasteiger partial charge in [0.05, 0.1) is 12.3 Å². The fourth-order valence-corrected chi connectivity index (χ4v) is 1.87. The summed E-state index contributed by atoms with van der Waals surface area (Å²) in [5.74, 6) is -1.33. The summed E-state index contributed by atoms with van der Waals surface area (Å²) in [6.45, 7) is 0. The maximum absolute atomic E-state index is 11.2. The Bertz CT molecular complexity index is 400. The van der Waals surface area contributed by atoms with Gasteiger partial charge in [0, 0.05) is 4.47 Å². The van der Waals surface area contributed by atoms with Crippen molar-refractivity contribution in [1.29, 1.82) is 0 Å². The van der Waals surface area contributed by atoms with Gasteiger partial charge in [0.25, 0.3) is 0 Å². The predicted octanol–water partition coefficient (Wildman–Crippen LogP) is 2.01. The second kappa shape index (κ2) is 3.53. The lowest BCUT2D eigenvalue weighted by molar-refractivity contribution is -0.152. The van der Waals surface area contributed by atoms with Crippen LogP contribution < -0.4 is 0 Å². The highest BCUT2D eigenvalue weighted by atomic mass is 79.9. The van der Waals surface area contributed by atoms with E-state index in [4.69, 9.17) is 0 Å². The third-order valence-corrected chi connectivity index (χ3v) is 2.61. The van der Waals surface area contributed by atoms with Crippen molar-refractivity contribution in [1.82, 2.24) is 0 Å². The summed E-state index contributed by atoms with van der Waals surface area (Å²) in [6.07, 6.45) is 0.148. The third kappa shape index (κ3) is 1.70. The van der Waals surface area contributed by atoms with Crippen LogP contribution in [0.3, 0.4) is 0 Å². The van der Waals surface area contributed by atoms with Crippen LogP contribution in [-0.4, -0.2) is 11.9 Å². The highest BCUT2D eigenvalue weighted by molar-refractivity contribution is 9.10. The van der Waals surface area contributed by atoms with Crippen molar-refractivity contribution < 1.29 is 14.3 Å². The number of hydrogen-bond donors (Lipinski definition) is 0. The molecule has 14 heavy (non-hydrogen) atoms. The normalized spacial score (nSPS) is 21.1. The number of cyclic esters (lactones) is 2. The fraction of sp³-hybridized carbons (Fsp3) is 0.200. The standard InChI is InChI=1S/C10H7BrO3/c11-7-3-1-2-6(4-7)8-5-9(12)14-10(8)13/h1-4,8H,5H2. The van der Waals surface area contributed by atoms with Gasteiger partial charge in [-0.2, -0.15) is 0 Å². The molecule has 3 nitrogen and oxygen atoms in total. The van der Waals surface area contributed by atoms with Crippen molar-refractivity contribution in [3.8, 4) is 0 Å². The molecular formula is C10H7BrO3. The molecule has 1 unspecified atom stereocenters. The van der Waals surface area contributed by atoms with Crippen molar-refractivity contribution in [2.75, 3.05) is 0 Å². The van der Waals surface area contributed by atoms with E-state index in [9.17, 15) is 9.59 Å². The summed E-state index contributed by atoms with van der Waals surface area (Å²) >= 11 is 3.31. The highest BCUT2D eigenvalue weighted by Gasteiger charge is 2.34. The van der Waals surface area contributed by atoms with E-state index in [1.54, 1.807) is 0 Å². The van der Waals surface area contributed by atoms with Crippen LogP contribution in [0.25, 0.3) is 0 Å². The number of carbonyl (C=O) groups excluding carboxylic acids is 2. The number of halogens is 1. The maximum atomic E-state index is 11.2. The molecule has 72 valence electrons. The first-order valence-corrected chi connectivity index (χ1v) is 4.96. The Morgan fingerprint density at radius 2 is 2.14 bits per heavy atom. The van der Waals surface area contributed by atoms with Crippen LogP contribution in [0.4, 0.5) is 0 Å². The minimum Gasteiger partial charge on any atom is -0.393 e. The second-order valence-electron chi connectivity index (χ2n) is 3.10. The lowest BCUT2D eigenvalue weighted by atomic mass is 9.98. The Morgan fingerprint density at radius 3 is 2.71 bits per heavy atom. The van der Waals surface area contributed by atoms with Crippen LogP contribution in [0.1, 0.15) is 17.9 Å². The van der Waals surface area contributed by atoms with Gasteiger partial charge in [-0.25, -0.2) is 0 Å². The van der Waals surface area contributed by atoms with E-state index in [0.717, 1.165) is 10.0 Å². The van der Waals surface area contributed by atoms with Crippen molar-refractivity contribution in [3.05, 3.63) is 34.3 Å². The molecule has 1 aromatic rings. The second-order valence-corrected chi connectivity index (χ2v) is 4.02. The summed E-state index contributed by atoms with van der Waals surface area (Å²) < 4.78 is 5.37. The summed E-state index contributed by atoms with van der Waals surface area (Å²) in [6, 6.07) is 7.33. The summed E-state index contributed by atoms with van der Waals surface area (Å²) in [7, 11) is 0. The minimum absolute atomic E-state index is 0.148. The Kier molecular flexibility index (Phi) is 2.37. The largest absolute Gasteiger partial charge is 0.393 e. The van der Waals surface area contributed by atoms with Crippen LogP contribution >= 0.6 is 15.9 Å². The van der Waals surface area contributed by atoms with E-state index in [2.05, 4.69) is 20.7 Å². The van der Waals surface area contributed by atoms with Crippen molar-refractivity contribution in [3.63, 3.8) is 0 Å². The predicted molar refractivity (Wildman–Crippen MR) is 52.6 cm³/mol. The lowest BCUT2D eigenvalue weighted by Crippen LogP contribution is -2.05. The molecule has 1 fully saturated rings. The van der Waals surface area contributed by atoms with Gasteiger partial charge >= 0.3 is 11.9 Å². The van der Waals surface area contributed by atoms with E-state index in [-0.39, 0.29) is 6.42 Å². The molecule has 0 aliphatic carbocycles. The Morgan fingerprint density at radius 1 is 1.36 bits per heavy atom. The van der Waals surface area contributed by atoms with E-state index >= 15 is 0 Å². The van der Waals surface area contributed by atoms with Gasteiger partial charge in [-0.15, -0.1) is 0 Å². The number of benzene rings is 1. The zero-order valence-electron chi connectivity index (χ0n) is 7.20. The minimum atomic E-state index is -0.451. The molecule has 1 saturated heterocycles. The molecule has 4 heteroatoms. The first-order valence-electron chi connectivity index (χ1n) is 4.17. The first kappa shape index (κ1) is 9.40. The monoisotopic (exact) mass is 254 g/mol. The van der Waals surface area contributed by atoms with Gasteiger partial charge in [-0.1, -0.05) is 28.1 Å². The number of esters is 2. The van der Waals surface area contributed by atoms with E-state index in [1.165, 1.54) is 0 Å². The van der Waals surface area contributed by atoms with Crippen LogP contribution in [0.15, 0.2) is 28.7 Å². The van der Waals surface area contributed by atoms with Gasteiger partial charge < -0.3 is 4.74 Å². The highest BCUT2D eigenvalue weighted by Crippen LogP contribution is 2.28. The van der Waals surface area contributed by atoms with Gasteiger partial charge in [0.1, 0.15) is 0 Å². The van der Waals surface area contributed by atoms with E-state index in [0.29, 0.717) is 0 Å². The Balaban J connectivity index is 2.31. The van der Waals surface area contributed by atoms with E-state index < -0.39 is 17.9 Å². The Hall–Kier alpha value is -1.16. The molecule has 1 aliphatic rings. The molecule has 1 atom stereocenters. The summed E-state index contributed by atoms with van der Waals surface area (Å²) in [5, 5.41) is 0. The van der Waals surface area contributed by atoms with Gasteiger partial charge in [0.15, 0.2) is 0 Å². The molecule has 0 N–H and O–H groups in total. The molecule has 0 aromatic heterocycles. The molecule has 0 radical (unpaired) electrons. The average molecular weight is 255 g/mol. The molecule has 0 bridgehead atoms. The molecule has 1 aliphatic heterocycles. The maximum Gasteiger partial charge on any atom is 0.321 e. The molecule has 0 amide bonds. The quantitative estimate of drug-likeness (QED) is 0.569. The van der Waals surface area contributed by atoms with Crippen LogP contribution in [0, 0.1) is 0 Å². The summed E-state index contributed by atoms with van der Waals surface area (Å²) in [4.78, 5) is 22.1. The van der Waals surface area contributed by atoms with Gasteiger partial charge in [0.2, 0.25) is 0 Å². The molecule has 1 aromatic carbocycles. The van der Waals surface area contributed by atoms with Crippen LogP contribution in [0.2, 0.25) is 0 Å². The molecule has 2 rings (SSSR count). The third-order valence-electron chi connectivity index (χ3n) is 2.12. The number of hydrogen-bond acceptors (Lipinski definition) is 3. The zero-order chi connectivity index (χ0) is 10.1. The average Bonchev–Trinajstić information content (AvgIpc) is 2.45. The number of rotatable bonds is 1. The fourth-order valence-electron chi connectivity index (χ4n) is 1.45. The molecule has 0 saturated carbocycles. The first-order chi connectivity index (χ1) is 6.66. The SMILES string of the molecule is O=C1CC(c2cccc(Br)c2)C(=O)O1. The molecule has 0 spiro atoms. The topological polar surface area (TPSA) is 43.4 Å². The van der Waals surface area contributed by atoms with Gasteiger partial charge in [-0.05, 0) is 17.7 Å².